The van der Waals surface area contributed by atoms with E-state index in [-0.39, 0.29) is 5.91 Å². The molecule has 1 aliphatic heterocycles. The number of nitrogens with one attached hydrogen (secondary N) is 1. The summed E-state index contributed by atoms with van der Waals surface area (Å²) in [5.74, 6) is 0.696. The molecule has 4 nitrogen and oxygen atoms in total. The first kappa shape index (κ1) is 9.45. The summed E-state index contributed by atoms with van der Waals surface area (Å²) in [6.45, 7) is 3.88. The number of nitrogens with zero attached hydrogens (tertiary/aromatic N) is 2. The van der Waals surface area contributed by atoms with Gasteiger partial charge in [0, 0.05) is 25.5 Å². The van der Waals surface area contributed by atoms with E-state index in [1.807, 2.05) is 4.90 Å². The zero-order chi connectivity index (χ0) is 10.1. The minimum Gasteiger partial charge on any atom is -0.365 e. The van der Waals surface area contributed by atoms with Crippen molar-refractivity contribution in [2.75, 3.05) is 25.5 Å². The Balaban J connectivity index is 2.04. The van der Waals surface area contributed by atoms with Gasteiger partial charge in [-0.1, -0.05) is 6.92 Å². The lowest BCUT2D eigenvalue weighted by Crippen LogP contribution is -2.48. The molecule has 0 aliphatic carbocycles. The smallest absolute Gasteiger partial charge is 0.273 e. The SMILES string of the molecule is CNc1nc(C(=O)N2CC(C)C2)cs1. The van der Waals surface area contributed by atoms with Gasteiger partial charge in [0.15, 0.2) is 5.13 Å². The summed E-state index contributed by atoms with van der Waals surface area (Å²) in [5, 5.41) is 5.52. The van der Waals surface area contributed by atoms with E-state index in [0.29, 0.717) is 11.6 Å². The van der Waals surface area contributed by atoms with Crippen LogP contribution in [0.3, 0.4) is 0 Å². The minimum atomic E-state index is 0.0563. The first-order valence-corrected chi connectivity index (χ1v) is 5.51. The minimum absolute atomic E-state index is 0.0563. The third-order valence-electron chi connectivity index (χ3n) is 2.29. The molecular formula is C9H13N3OS. The number of carbonyl (C=O) groups is 1. The second-order valence-corrected chi connectivity index (χ2v) is 4.46. The Kier molecular flexibility index (Phi) is 2.41. The number of amides is 1. The van der Waals surface area contributed by atoms with Crippen LogP contribution in [0, 0.1) is 5.92 Å². The maximum Gasteiger partial charge on any atom is 0.273 e. The molecule has 0 atom stereocenters. The third-order valence-corrected chi connectivity index (χ3v) is 3.15. The number of aromatic nitrogens is 1. The Bertz CT molecular complexity index is 344. The first-order valence-electron chi connectivity index (χ1n) is 4.63. The van der Waals surface area contributed by atoms with Crippen LogP contribution in [-0.4, -0.2) is 35.9 Å². The lowest BCUT2D eigenvalue weighted by molar-refractivity contribution is 0.0525. The normalized spacial score (nSPS) is 16.6. The monoisotopic (exact) mass is 211 g/mol. The number of carbonyl (C=O) groups excluding carboxylic acids is 1. The van der Waals surface area contributed by atoms with Crippen molar-refractivity contribution < 1.29 is 4.79 Å². The van der Waals surface area contributed by atoms with Crippen LogP contribution in [0.15, 0.2) is 5.38 Å². The highest BCUT2D eigenvalue weighted by molar-refractivity contribution is 7.13. The van der Waals surface area contributed by atoms with Gasteiger partial charge in [-0.25, -0.2) is 4.98 Å². The second kappa shape index (κ2) is 3.57. The van der Waals surface area contributed by atoms with Crippen LogP contribution in [-0.2, 0) is 0 Å². The van der Waals surface area contributed by atoms with E-state index >= 15 is 0 Å². The van der Waals surface area contributed by atoms with Crippen molar-refractivity contribution in [2.24, 2.45) is 5.92 Å². The summed E-state index contributed by atoms with van der Waals surface area (Å²) in [6, 6.07) is 0. The molecule has 1 aliphatic rings. The number of hydrogen-bond donors (Lipinski definition) is 1. The van der Waals surface area contributed by atoms with Crippen molar-refractivity contribution >= 4 is 22.4 Å². The van der Waals surface area contributed by atoms with Crippen molar-refractivity contribution in [3.8, 4) is 0 Å². The van der Waals surface area contributed by atoms with Gasteiger partial charge in [-0.2, -0.15) is 0 Å². The fraction of sp³-hybridized carbons (Fsp3) is 0.556. The molecule has 0 saturated carbocycles. The molecule has 1 fully saturated rings. The molecule has 0 unspecified atom stereocenters. The van der Waals surface area contributed by atoms with Crippen LogP contribution >= 0.6 is 11.3 Å². The number of rotatable bonds is 2. The standard InChI is InChI=1S/C9H13N3OS/c1-6-3-12(4-6)8(13)7-5-14-9(10-2)11-7/h5-6H,3-4H2,1-2H3,(H,10,11). The Hall–Kier alpha value is -1.10. The van der Waals surface area contributed by atoms with Crippen LogP contribution in [0.2, 0.25) is 0 Å². The molecule has 1 aromatic rings. The van der Waals surface area contributed by atoms with Gasteiger partial charge in [-0.05, 0) is 5.92 Å². The summed E-state index contributed by atoms with van der Waals surface area (Å²) in [4.78, 5) is 17.7. The summed E-state index contributed by atoms with van der Waals surface area (Å²) < 4.78 is 0. The maximum atomic E-state index is 11.7. The molecular weight excluding hydrogens is 198 g/mol. The van der Waals surface area contributed by atoms with Gasteiger partial charge >= 0.3 is 0 Å². The summed E-state index contributed by atoms with van der Waals surface area (Å²) >= 11 is 1.46. The van der Waals surface area contributed by atoms with Gasteiger partial charge in [-0.3, -0.25) is 4.79 Å². The molecule has 2 rings (SSSR count). The van der Waals surface area contributed by atoms with Crippen LogP contribution < -0.4 is 5.32 Å². The Labute approximate surface area is 86.9 Å². The van der Waals surface area contributed by atoms with Crippen molar-refractivity contribution in [1.29, 1.82) is 0 Å². The van der Waals surface area contributed by atoms with Gasteiger partial charge in [0.05, 0.1) is 0 Å². The highest BCUT2D eigenvalue weighted by atomic mass is 32.1. The van der Waals surface area contributed by atoms with E-state index < -0.39 is 0 Å². The van der Waals surface area contributed by atoms with Crippen LogP contribution in [0.4, 0.5) is 5.13 Å². The van der Waals surface area contributed by atoms with Gasteiger partial charge < -0.3 is 10.2 Å². The van der Waals surface area contributed by atoms with Crippen LogP contribution in [0.5, 0.6) is 0 Å². The molecule has 0 bridgehead atoms. The molecule has 0 radical (unpaired) electrons. The molecule has 2 heterocycles. The second-order valence-electron chi connectivity index (χ2n) is 3.60. The lowest BCUT2D eigenvalue weighted by atomic mass is 10.0. The zero-order valence-electron chi connectivity index (χ0n) is 8.28. The zero-order valence-corrected chi connectivity index (χ0v) is 9.10. The van der Waals surface area contributed by atoms with Crippen LogP contribution in [0.1, 0.15) is 17.4 Å². The molecule has 1 amide bonds. The van der Waals surface area contributed by atoms with Crippen molar-refractivity contribution in [3.05, 3.63) is 11.1 Å². The van der Waals surface area contributed by atoms with E-state index in [0.717, 1.165) is 18.2 Å². The van der Waals surface area contributed by atoms with Crippen LogP contribution in [0.25, 0.3) is 0 Å². The summed E-state index contributed by atoms with van der Waals surface area (Å²) in [5.41, 5.74) is 0.561. The Morgan fingerprint density at radius 3 is 2.93 bits per heavy atom. The highest BCUT2D eigenvalue weighted by Gasteiger charge is 2.28. The number of anilines is 1. The molecule has 1 saturated heterocycles. The molecule has 0 spiro atoms. The quantitative estimate of drug-likeness (QED) is 0.801. The maximum absolute atomic E-state index is 11.7. The predicted octanol–water partition coefficient (Wildman–Crippen LogP) is 1.28. The summed E-state index contributed by atoms with van der Waals surface area (Å²) in [7, 11) is 1.80. The van der Waals surface area contributed by atoms with E-state index in [4.69, 9.17) is 0 Å². The van der Waals surface area contributed by atoms with Gasteiger partial charge in [0.25, 0.3) is 5.91 Å². The highest BCUT2D eigenvalue weighted by Crippen LogP contribution is 2.20. The lowest BCUT2D eigenvalue weighted by Gasteiger charge is -2.36. The average molecular weight is 211 g/mol. The van der Waals surface area contributed by atoms with E-state index in [1.54, 1.807) is 12.4 Å². The fourth-order valence-corrected chi connectivity index (χ4v) is 2.16. The summed E-state index contributed by atoms with van der Waals surface area (Å²) in [6.07, 6.45) is 0. The van der Waals surface area contributed by atoms with E-state index in [1.165, 1.54) is 11.3 Å². The Morgan fingerprint density at radius 2 is 2.43 bits per heavy atom. The largest absolute Gasteiger partial charge is 0.365 e. The molecule has 0 aromatic carbocycles. The Morgan fingerprint density at radius 1 is 1.71 bits per heavy atom. The topological polar surface area (TPSA) is 45.2 Å². The third kappa shape index (κ3) is 1.59. The van der Waals surface area contributed by atoms with Crippen molar-refractivity contribution in [2.45, 2.75) is 6.92 Å². The average Bonchev–Trinajstić information content (AvgIpc) is 2.60. The fourth-order valence-electron chi connectivity index (χ4n) is 1.51. The molecule has 1 N–H and O–H groups in total. The molecule has 1 aromatic heterocycles. The van der Waals surface area contributed by atoms with Gasteiger partial charge in [0.2, 0.25) is 0 Å². The number of likely N-dealkylation sites (tertiary alicyclic amines) is 1. The number of hydrogen-bond acceptors (Lipinski definition) is 4. The molecule has 76 valence electrons. The van der Waals surface area contributed by atoms with Crippen molar-refractivity contribution in [3.63, 3.8) is 0 Å². The van der Waals surface area contributed by atoms with E-state index in [2.05, 4.69) is 17.2 Å². The van der Waals surface area contributed by atoms with Gasteiger partial charge in [-0.15, -0.1) is 11.3 Å². The predicted molar refractivity (Wildman–Crippen MR) is 56.7 cm³/mol. The molecule has 14 heavy (non-hydrogen) atoms. The van der Waals surface area contributed by atoms with Crippen molar-refractivity contribution in [1.82, 2.24) is 9.88 Å². The first-order chi connectivity index (χ1) is 6.70. The van der Waals surface area contributed by atoms with E-state index in [9.17, 15) is 4.79 Å². The number of thiazole rings is 1. The molecule has 5 heteroatoms. The van der Waals surface area contributed by atoms with Gasteiger partial charge in [0.1, 0.15) is 5.69 Å².